The first kappa shape index (κ1) is 14.2. The quantitative estimate of drug-likeness (QED) is 0.709. The van der Waals surface area contributed by atoms with Crippen LogP contribution in [0.5, 0.6) is 0 Å². The van der Waals surface area contributed by atoms with E-state index in [0.29, 0.717) is 12.0 Å². The summed E-state index contributed by atoms with van der Waals surface area (Å²) < 4.78 is 0. The summed E-state index contributed by atoms with van der Waals surface area (Å²) in [5, 5.41) is 6.59. The van der Waals surface area contributed by atoms with Gasteiger partial charge in [-0.1, -0.05) is 38.1 Å². The van der Waals surface area contributed by atoms with Gasteiger partial charge in [0.25, 0.3) is 0 Å². The Morgan fingerprint density at radius 2 is 1.59 bits per heavy atom. The fourth-order valence-electron chi connectivity index (χ4n) is 2.07. The van der Waals surface area contributed by atoms with E-state index in [1.165, 1.54) is 24.0 Å². The van der Waals surface area contributed by atoms with E-state index in [9.17, 15) is 0 Å². The Labute approximate surface area is 106 Å². The summed E-state index contributed by atoms with van der Waals surface area (Å²) in [4.78, 5) is 0. The van der Waals surface area contributed by atoms with Crippen LogP contribution >= 0.6 is 0 Å². The zero-order valence-corrected chi connectivity index (χ0v) is 11.6. The number of benzene rings is 1. The van der Waals surface area contributed by atoms with E-state index in [1.807, 2.05) is 14.1 Å². The van der Waals surface area contributed by atoms with Gasteiger partial charge in [-0.2, -0.15) is 0 Å². The van der Waals surface area contributed by atoms with Crippen molar-refractivity contribution in [1.29, 1.82) is 0 Å². The van der Waals surface area contributed by atoms with E-state index >= 15 is 0 Å². The van der Waals surface area contributed by atoms with Crippen LogP contribution in [-0.4, -0.2) is 20.6 Å². The second-order valence-corrected chi connectivity index (χ2v) is 4.91. The van der Waals surface area contributed by atoms with Crippen molar-refractivity contribution in [3.8, 4) is 0 Å². The zero-order valence-electron chi connectivity index (χ0n) is 11.6. The van der Waals surface area contributed by atoms with Gasteiger partial charge in [0.15, 0.2) is 0 Å². The standard InChI is InChI=1S/C15H26N2/c1-12(2)13-7-9-14(10-8-13)15(17-4)6-5-11-16-3/h7-10,12,15-17H,5-6,11H2,1-4H3. The molecule has 0 aliphatic heterocycles. The van der Waals surface area contributed by atoms with Crippen molar-refractivity contribution >= 4 is 0 Å². The summed E-state index contributed by atoms with van der Waals surface area (Å²) in [5.41, 5.74) is 2.81. The predicted molar refractivity (Wildman–Crippen MR) is 75.5 cm³/mol. The highest BCUT2D eigenvalue weighted by Crippen LogP contribution is 2.21. The van der Waals surface area contributed by atoms with Gasteiger partial charge in [-0.3, -0.25) is 0 Å². The van der Waals surface area contributed by atoms with Crippen LogP contribution < -0.4 is 10.6 Å². The average molecular weight is 234 g/mol. The largest absolute Gasteiger partial charge is 0.320 e. The summed E-state index contributed by atoms with van der Waals surface area (Å²) in [7, 11) is 4.05. The van der Waals surface area contributed by atoms with Crippen molar-refractivity contribution in [1.82, 2.24) is 10.6 Å². The summed E-state index contributed by atoms with van der Waals surface area (Å²) in [6.07, 6.45) is 2.38. The molecule has 0 aliphatic rings. The molecule has 0 aromatic heterocycles. The third-order valence-corrected chi connectivity index (χ3v) is 3.27. The lowest BCUT2D eigenvalue weighted by Crippen LogP contribution is -2.18. The monoisotopic (exact) mass is 234 g/mol. The van der Waals surface area contributed by atoms with Crippen LogP contribution in [0.15, 0.2) is 24.3 Å². The lowest BCUT2D eigenvalue weighted by Gasteiger charge is -2.17. The van der Waals surface area contributed by atoms with Crippen molar-refractivity contribution in [2.75, 3.05) is 20.6 Å². The van der Waals surface area contributed by atoms with Gasteiger partial charge in [0.1, 0.15) is 0 Å². The minimum absolute atomic E-state index is 0.476. The lowest BCUT2D eigenvalue weighted by molar-refractivity contribution is 0.518. The first-order chi connectivity index (χ1) is 8.19. The maximum Gasteiger partial charge on any atom is 0.0317 e. The van der Waals surface area contributed by atoms with Gasteiger partial charge in [0.2, 0.25) is 0 Å². The number of nitrogens with one attached hydrogen (secondary N) is 2. The van der Waals surface area contributed by atoms with E-state index in [4.69, 9.17) is 0 Å². The molecule has 0 radical (unpaired) electrons. The third kappa shape index (κ3) is 4.49. The second-order valence-electron chi connectivity index (χ2n) is 4.91. The summed E-state index contributed by atoms with van der Waals surface area (Å²) in [6, 6.07) is 9.50. The smallest absolute Gasteiger partial charge is 0.0317 e. The first-order valence-electron chi connectivity index (χ1n) is 6.60. The van der Waals surface area contributed by atoms with E-state index in [-0.39, 0.29) is 0 Å². The molecule has 0 aliphatic carbocycles. The van der Waals surface area contributed by atoms with Crippen LogP contribution in [0.25, 0.3) is 0 Å². The molecule has 1 rings (SSSR count). The van der Waals surface area contributed by atoms with Crippen molar-refractivity contribution in [3.63, 3.8) is 0 Å². The van der Waals surface area contributed by atoms with Gasteiger partial charge in [-0.05, 0) is 50.5 Å². The molecule has 1 aromatic carbocycles. The van der Waals surface area contributed by atoms with Crippen LogP contribution in [-0.2, 0) is 0 Å². The van der Waals surface area contributed by atoms with E-state index in [2.05, 4.69) is 48.7 Å². The Hall–Kier alpha value is -0.860. The number of hydrogen-bond donors (Lipinski definition) is 2. The minimum atomic E-state index is 0.476. The molecule has 0 heterocycles. The molecule has 0 saturated carbocycles. The van der Waals surface area contributed by atoms with E-state index < -0.39 is 0 Å². The fourth-order valence-corrected chi connectivity index (χ4v) is 2.07. The Kier molecular flexibility index (Phi) is 6.23. The van der Waals surface area contributed by atoms with Gasteiger partial charge in [0.05, 0.1) is 0 Å². The summed E-state index contributed by atoms with van der Waals surface area (Å²) in [6.45, 7) is 5.55. The predicted octanol–water partition coefficient (Wildman–Crippen LogP) is 3.07. The van der Waals surface area contributed by atoms with Crippen molar-refractivity contribution < 1.29 is 0 Å². The van der Waals surface area contributed by atoms with Gasteiger partial charge in [-0.25, -0.2) is 0 Å². The fraction of sp³-hybridized carbons (Fsp3) is 0.600. The van der Waals surface area contributed by atoms with Crippen LogP contribution in [0.1, 0.15) is 49.8 Å². The normalized spacial score (nSPS) is 13.0. The average Bonchev–Trinajstić information content (AvgIpc) is 2.35. The molecular formula is C15H26N2. The highest BCUT2D eigenvalue weighted by Gasteiger charge is 2.08. The molecule has 1 atom stereocenters. The number of rotatable bonds is 7. The molecule has 96 valence electrons. The van der Waals surface area contributed by atoms with Crippen LogP contribution in [0.4, 0.5) is 0 Å². The molecule has 17 heavy (non-hydrogen) atoms. The first-order valence-corrected chi connectivity index (χ1v) is 6.60. The summed E-state index contributed by atoms with van der Waals surface area (Å²) in [5.74, 6) is 0.612. The molecule has 1 unspecified atom stereocenters. The van der Waals surface area contributed by atoms with Crippen LogP contribution in [0.2, 0.25) is 0 Å². The maximum atomic E-state index is 3.40. The minimum Gasteiger partial charge on any atom is -0.320 e. The summed E-state index contributed by atoms with van der Waals surface area (Å²) >= 11 is 0. The molecule has 0 amide bonds. The molecular weight excluding hydrogens is 208 g/mol. The molecule has 0 fully saturated rings. The highest BCUT2D eigenvalue weighted by molar-refractivity contribution is 5.26. The van der Waals surface area contributed by atoms with Crippen molar-refractivity contribution in [3.05, 3.63) is 35.4 Å². The third-order valence-electron chi connectivity index (χ3n) is 3.27. The highest BCUT2D eigenvalue weighted by atomic mass is 14.9. The van der Waals surface area contributed by atoms with E-state index in [1.54, 1.807) is 0 Å². The molecule has 0 bridgehead atoms. The zero-order chi connectivity index (χ0) is 12.7. The lowest BCUT2D eigenvalue weighted by atomic mass is 9.97. The molecule has 2 nitrogen and oxygen atoms in total. The van der Waals surface area contributed by atoms with Crippen LogP contribution in [0.3, 0.4) is 0 Å². The Morgan fingerprint density at radius 3 is 2.06 bits per heavy atom. The number of hydrogen-bond acceptors (Lipinski definition) is 2. The molecule has 2 heteroatoms. The molecule has 1 aromatic rings. The molecule has 2 N–H and O–H groups in total. The Morgan fingerprint density at radius 1 is 1.00 bits per heavy atom. The molecule has 0 spiro atoms. The van der Waals surface area contributed by atoms with Gasteiger partial charge in [0, 0.05) is 6.04 Å². The Bertz CT molecular complexity index is 303. The van der Waals surface area contributed by atoms with Crippen molar-refractivity contribution in [2.45, 2.75) is 38.6 Å². The maximum absolute atomic E-state index is 3.40. The van der Waals surface area contributed by atoms with Crippen molar-refractivity contribution in [2.24, 2.45) is 0 Å². The van der Waals surface area contributed by atoms with Gasteiger partial charge < -0.3 is 10.6 Å². The molecule has 0 saturated heterocycles. The van der Waals surface area contributed by atoms with E-state index in [0.717, 1.165) is 6.54 Å². The van der Waals surface area contributed by atoms with Gasteiger partial charge in [-0.15, -0.1) is 0 Å². The van der Waals surface area contributed by atoms with Gasteiger partial charge >= 0.3 is 0 Å². The SMILES string of the molecule is CNCCCC(NC)c1ccc(C(C)C)cc1. The second kappa shape index (κ2) is 7.46. The van der Waals surface area contributed by atoms with Crippen LogP contribution in [0, 0.1) is 0 Å². The Balaban J connectivity index is 2.62. The topological polar surface area (TPSA) is 24.1 Å².